The van der Waals surface area contributed by atoms with E-state index in [0.29, 0.717) is 60.7 Å². The van der Waals surface area contributed by atoms with Gasteiger partial charge in [-0.3, -0.25) is 9.19 Å². The Balaban J connectivity index is 1.54. The van der Waals surface area contributed by atoms with Gasteiger partial charge in [0, 0.05) is 45.3 Å². The second-order valence-electron chi connectivity index (χ2n) is 7.09. The van der Waals surface area contributed by atoms with Crippen molar-refractivity contribution < 1.29 is 18.5 Å². The minimum absolute atomic E-state index is 0.197. The first-order chi connectivity index (χ1) is 14.6. The number of piperidine rings is 1. The number of hydrogen-bond acceptors (Lipinski definition) is 7. The van der Waals surface area contributed by atoms with Crippen LogP contribution in [0.25, 0.3) is 11.0 Å². The topological polar surface area (TPSA) is 104 Å². The van der Waals surface area contributed by atoms with Crippen LogP contribution in [0.3, 0.4) is 0 Å². The van der Waals surface area contributed by atoms with Crippen LogP contribution < -0.4 is 4.90 Å². The predicted octanol–water partition coefficient (Wildman–Crippen LogP) is 2.98. The van der Waals surface area contributed by atoms with Gasteiger partial charge in [0.2, 0.25) is 0 Å². The second-order valence-corrected chi connectivity index (χ2v) is 8.46. The summed E-state index contributed by atoms with van der Waals surface area (Å²) in [4.78, 5) is 13.6. The number of anilines is 1. The third-order valence-corrected chi connectivity index (χ3v) is 6.22. The first-order valence-electron chi connectivity index (χ1n) is 9.52. The fraction of sp³-hybridized carbons (Fsp3) is 0.350. The van der Waals surface area contributed by atoms with Crippen LogP contribution in [-0.4, -0.2) is 50.3 Å². The third kappa shape index (κ3) is 4.34. The molecule has 10 heteroatoms. The van der Waals surface area contributed by atoms with Gasteiger partial charge in [0.1, 0.15) is 5.82 Å². The normalized spacial score (nSPS) is 15.5. The van der Waals surface area contributed by atoms with Gasteiger partial charge in [-0.15, -0.1) is 0 Å². The van der Waals surface area contributed by atoms with Crippen LogP contribution in [0.1, 0.15) is 24.1 Å². The fourth-order valence-corrected chi connectivity index (χ4v) is 4.51. The molecule has 3 heterocycles. The van der Waals surface area contributed by atoms with Crippen molar-refractivity contribution in [2.45, 2.75) is 30.4 Å². The number of H-pyrrole nitrogens is 1. The van der Waals surface area contributed by atoms with Gasteiger partial charge < -0.3 is 19.8 Å². The molecule has 1 aromatic carbocycles. The van der Waals surface area contributed by atoms with Gasteiger partial charge in [0.05, 0.1) is 51.3 Å². The molecule has 8 nitrogen and oxygen atoms in total. The summed E-state index contributed by atoms with van der Waals surface area (Å²) in [5.41, 5.74) is 3.83. The van der Waals surface area contributed by atoms with E-state index in [1.54, 1.807) is 19.4 Å². The van der Waals surface area contributed by atoms with Crippen LogP contribution in [0.4, 0.5) is 10.1 Å². The van der Waals surface area contributed by atoms with E-state index < -0.39 is 10.8 Å². The van der Waals surface area contributed by atoms with Gasteiger partial charge in [-0.1, -0.05) is 5.16 Å². The molecule has 1 atom stereocenters. The maximum atomic E-state index is 14.7. The van der Waals surface area contributed by atoms with Gasteiger partial charge in [-0.25, -0.2) is 9.37 Å². The van der Waals surface area contributed by atoms with Crippen molar-refractivity contribution in [3.05, 3.63) is 47.5 Å². The molecular formula is C20H22FN5O3S. The van der Waals surface area contributed by atoms with Crippen LogP contribution in [-0.2, 0) is 27.9 Å². The molecule has 158 valence electrons. The first kappa shape index (κ1) is 20.4. The Kier molecular flexibility index (Phi) is 6.05. The number of fused-ring (bicyclic) bond motifs is 1. The van der Waals surface area contributed by atoms with Crippen molar-refractivity contribution in [2.24, 2.45) is 5.16 Å². The van der Waals surface area contributed by atoms with E-state index in [1.165, 1.54) is 6.07 Å². The van der Waals surface area contributed by atoms with Gasteiger partial charge in [-0.2, -0.15) is 0 Å². The van der Waals surface area contributed by atoms with Crippen molar-refractivity contribution in [3.63, 3.8) is 0 Å². The summed E-state index contributed by atoms with van der Waals surface area (Å²) in [5, 5.41) is 12.4. The molecule has 0 spiro atoms. The van der Waals surface area contributed by atoms with Crippen LogP contribution in [0.2, 0.25) is 0 Å². The maximum absolute atomic E-state index is 14.7. The molecule has 30 heavy (non-hydrogen) atoms. The lowest BCUT2D eigenvalue weighted by molar-refractivity contribution is 0.185. The van der Waals surface area contributed by atoms with E-state index in [-0.39, 0.29) is 16.7 Å². The van der Waals surface area contributed by atoms with E-state index in [1.807, 2.05) is 17.0 Å². The summed E-state index contributed by atoms with van der Waals surface area (Å²) in [7, 11) is 0.161. The van der Waals surface area contributed by atoms with Crippen LogP contribution in [0.15, 0.2) is 40.8 Å². The highest BCUT2D eigenvalue weighted by molar-refractivity contribution is 7.84. The number of rotatable bonds is 6. The summed E-state index contributed by atoms with van der Waals surface area (Å²) >= 11 is 0. The number of ether oxygens (including phenoxy) is 1. The number of imidazole rings is 1. The van der Waals surface area contributed by atoms with E-state index in [0.717, 1.165) is 5.56 Å². The van der Waals surface area contributed by atoms with Gasteiger partial charge in [0.15, 0.2) is 5.16 Å². The summed E-state index contributed by atoms with van der Waals surface area (Å²) in [6.07, 6.45) is 2.82. The van der Waals surface area contributed by atoms with E-state index in [9.17, 15) is 8.60 Å². The van der Waals surface area contributed by atoms with Crippen LogP contribution >= 0.6 is 0 Å². The zero-order valence-corrected chi connectivity index (χ0v) is 17.3. The number of pyridine rings is 1. The lowest BCUT2D eigenvalue weighted by Crippen LogP contribution is -2.34. The summed E-state index contributed by atoms with van der Waals surface area (Å²) in [6, 6.07) is 6.74. The average Bonchev–Trinajstić information content (AvgIpc) is 3.17. The summed E-state index contributed by atoms with van der Waals surface area (Å²) in [5.74, 6) is -0.177. The van der Waals surface area contributed by atoms with Crippen molar-refractivity contribution >= 4 is 33.2 Å². The third-order valence-electron chi connectivity index (χ3n) is 5.04. The zero-order valence-electron chi connectivity index (χ0n) is 16.5. The highest BCUT2D eigenvalue weighted by atomic mass is 32.2. The minimum atomic E-state index is -1.45. The zero-order chi connectivity index (χ0) is 21.1. The molecule has 2 aromatic heterocycles. The molecule has 3 aromatic rings. The second kappa shape index (κ2) is 8.88. The predicted molar refractivity (Wildman–Crippen MR) is 112 cm³/mol. The fourth-order valence-electron chi connectivity index (χ4n) is 3.52. The molecule has 0 bridgehead atoms. The lowest BCUT2D eigenvalue weighted by atomic mass is 10.1. The van der Waals surface area contributed by atoms with Gasteiger partial charge >= 0.3 is 0 Å². The SMILES string of the molecule is COCc1ccnc(CS(=O)c2nc3cc(N4CCC(=NO)CC4)c(F)cc3[nH]2)c1. The Morgan fingerprint density at radius 3 is 2.87 bits per heavy atom. The highest BCUT2D eigenvalue weighted by Gasteiger charge is 2.21. The molecule has 2 N–H and O–H groups in total. The van der Waals surface area contributed by atoms with Gasteiger partial charge in [-0.05, 0) is 23.8 Å². The number of nitrogens with one attached hydrogen (secondary N) is 1. The van der Waals surface area contributed by atoms with Crippen molar-refractivity contribution in [1.82, 2.24) is 15.0 Å². The lowest BCUT2D eigenvalue weighted by Gasteiger charge is -2.29. The Morgan fingerprint density at radius 1 is 1.33 bits per heavy atom. The number of hydrogen-bond donors (Lipinski definition) is 2. The Morgan fingerprint density at radius 2 is 2.13 bits per heavy atom. The number of oxime groups is 1. The molecule has 0 aliphatic carbocycles. The van der Waals surface area contributed by atoms with E-state index in [4.69, 9.17) is 9.94 Å². The number of aromatic amines is 1. The number of halogens is 1. The van der Waals surface area contributed by atoms with Crippen molar-refractivity contribution in [1.29, 1.82) is 0 Å². The quantitative estimate of drug-likeness (QED) is 0.459. The maximum Gasteiger partial charge on any atom is 0.197 e. The molecule has 1 aliphatic heterocycles. The molecule has 1 aliphatic rings. The molecule has 0 saturated carbocycles. The Bertz CT molecular complexity index is 1110. The number of benzene rings is 1. The monoisotopic (exact) mass is 431 g/mol. The highest BCUT2D eigenvalue weighted by Crippen LogP contribution is 2.27. The number of methoxy groups -OCH3 is 1. The minimum Gasteiger partial charge on any atom is -0.411 e. The van der Waals surface area contributed by atoms with E-state index in [2.05, 4.69) is 20.1 Å². The Hall–Kier alpha value is -2.85. The molecule has 1 saturated heterocycles. The first-order valence-corrected chi connectivity index (χ1v) is 10.8. The molecule has 0 radical (unpaired) electrons. The van der Waals surface area contributed by atoms with Crippen LogP contribution in [0, 0.1) is 5.82 Å². The molecular weight excluding hydrogens is 409 g/mol. The molecule has 1 unspecified atom stereocenters. The Labute approximate surface area is 175 Å². The smallest absolute Gasteiger partial charge is 0.197 e. The number of aromatic nitrogens is 3. The molecule has 4 rings (SSSR count). The standard InChI is InChI=1S/C20H22FN5O3S/c1-29-11-13-2-5-22-15(8-13)12-30(28)20-23-17-9-16(21)19(10-18(17)24-20)26-6-3-14(25-27)4-7-26/h2,5,8-10,27H,3-4,6-7,11-12H2,1H3,(H,23,24). The average molecular weight is 431 g/mol. The molecule has 0 amide bonds. The largest absolute Gasteiger partial charge is 0.411 e. The van der Waals surface area contributed by atoms with Crippen molar-refractivity contribution in [2.75, 3.05) is 25.1 Å². The van der Waals surface area contributed by atoms with Gasteiger partial charge in [0.25, 0.3) is 0 Å². The number of nitrogens with zero attached hydrogens (tertiary/aromatic N) is 4. The van der Waals surface area contributed by atoms with Crippen molar-refractivity contribution in [3.8, 4) is 0 Å². The summed E-state index contributed by atoms with van der Waals surface area (Å²) < 4.78 is 32.6. The van der Waals surface area contributed by atoms with Crippen LogP contribution in [0.5, 0.6) is 0 Å². The molecule has 1 fully saturated rings. The summed E-state index contributed by atoms with van der Waals surface area (Å²) in [6.45, 7) is 1.58. The van der Waals surface area contributed by atoms with E-state index >= 15 is 0 Å².